The van der Waals surface area contributed by atoms with Gasteiger partial charge in [-0.15, -0.1) is 5.10 Å². The molecule has 0 bridgehead atoms. The van der Waals surface area contributed by atoms with Crippen molar-refractivity contribution in [3.8, 4) is 16.9 Å². The van der Waals surface area contributed by atoms with Crippen molar-refractivity contribution in [2.24, 2.45) is 0 Å². The Hall–Kier alpha value is -3.04. The van der Waals surface area contributed by atoms with Crippen LogP contribution in [0.2, 0.25) is 0 Å². The third-order valence-electron chi connectivity index (χ3n) is 8.14. The van der Waals surface area contributed by atoms with Crippen LogP contribution < -0.4 is 10.1 Å². The van der Waals surface area contributed by atoms with Crippen molar-refractivity contribution in [1.29, 1.82) is 0 Å². The minimum absolute atomic E-state index is 0.00401. The predicted octanol–water partition coefficient (Wildman–Crippen LogP) is 2.54. The average molecular weight is 606 g/mol. The fourth-order valence-corrected chi connectivity index (χ4v) is 8.09. The first-order valence-electron chi connectivity index (χ1n) is 13.4. The third kappa shape index (κ3) is 5.58. The number of amides is 1. The zero-order valence-corrected chi connectivity index (χ0v) is 23.6. The zero-order valence-electron chi connectivity index (χ0n) is 22.0. The number of hydrogen-bond acceptors (Lipinski definition) is 9. The maximum atomic E-state index is 14.6. The maximum Gasteiger partial charge on any atom is 0.247 e. The van der Waals surface area contributed by atoms with E-state index in [1.807, 2.05) is 5.38 Å². The van der Waals surface area contributed by atoms with Crippen LogP contribution >= 0.6 is 11.5 Å². The number of ether oxygens (including phenoxy) is 1. The fraction of sp³-hybridized carbons (Fsp3) is 0.444. The highest BCUT2D eigenvalue weighted by Crippen LogP contribution is 2.38. The molecule has 1 aromatic heterocycles. The average Bonchev–Trinajstić information content (AvgIpc) is 3.59. The van der Waals surface area contributed by atoms with Crippen molar-refractivity contribution in [3.05, 3.63) is 59.1 Å². The number of fused-ring (bicyclic) bond motifs is 2. The second-order valence-electron chi connectivity index (χ2n) is 10.8. The molecule has 0 radical (unpaired) electrons. The molecular formula is C27H29F2N5O5S2. The third-order valence-corrected chi connectivity index (χ3v) is 10.6. The Morgan fingerprint density at radius 2 is 1.95 bits per heavy atom. The van der Waals surface area contributed by atoms with Gasteiger partial charge in [0, 0.05) is 61.6 Å². The monoisotopic (exact) mass is 605 g/mol. The van der Waals surface area contributed by atoms with Gasteiger partial charge < -0.3 is 15.2 Å². The molecule has 1 amide bonds. The predicted molar refractivity (Wildman–Crippen MR) is 146 cm³/mol. The fourth-order valence-electron chi connectivity index (χ4n) is 5.90. The largest absolute Gasteiger partial charge is 0.492 e. The normalized spacial score (nSPS) is 24.6. The lowest BCUT2D eigenvalue weighted by Gasteiger charge is -2.43. The van der Waals surface area contributed by atoms with Crippen LogP contribution in [-0.4, -0.2) is 82.1 Å². The Bertz CT molecular complexity index is 1550. The molecule has 0 unspecified atom stereocenters. The number of carbonyl (C=O) groups is 1. The lowest BCUT2D eigenvalue weighted by atomic mass is 9.84. The number of nitrogens with zero attached hydrogens (tertiary/aromatic N) is 4. The first-order valence-corrected chi connectivity index (χ1v) is 15.6. The summed E-state index contributed by atoms with van der Waals surface area (Å²) < 4.78 is 66.9. The molecule has 4 heterocycles. The van der Waals surface area contributed by atoms with Gasteiger partial charge in [0.2, 0.25) is 15.9 Å². The molecule has 2 aromatic carbocycles. The van der Waals surface area contributed by atoms with E-state index in [4.69, 9.17) is 4.74 Å². The van der Waals surface area contributed by atoms with Gasteiger partial charge in [-0.2, -0.15) is 4.31 Å². The van der Waals surface area contributed by atoms with E-state index in [9.17, 15) is 27.1 Å². The van der Waals surface area contributed by atoms with Gasteiger partial charge in [0.15, 0.2) is 0 Å². The lowest BCUT2D eigenvalue weighted by molar-refractivity contribution is -0.127. The highest BCUT2D eigenvalue weighted by molar-refractivity contribution is 7.89. The number of piperidine rings is 1. The molecule has 14 heteroatoms. The Balaban J connectivity index is 1.33. The van der Waals surface area contributed by atoms with Crippen LogP contribution in [0.1, 0.15) is 31.4 Å². The highest BCUT2D eigenvalue weighted by atomic mass is 32.2. The second kappa shape index (κ2) is 11.0. The van der Waals surface area contributed by atoms with Gasteiger partial charge in [-0.25, -0.2) is 17.2 Å². The molecule has 3 aliphatic heterocycles. The van der Waals surface area contributed by atoms with Crippen LogP contribution in [0.5, 0.6) is 5.75 Å². The van der Waals surface area contributed by atoms with Crippen molar-refractivity contribution in [3.63, 3.8) is 0 Å². The van der Waals surface area contributed by atoms with E-state index in [0.29, 0.717) is 44.5 Å². The van der Waals surface area contributed by atoms with Crippen LogP contribution in [0.4, 0.5) is 8.78 Å². The van der Waals surface area contributed by atoms with Crippen molar-refractivity contribution < 1.29 is 31.8 Å². The summed E-state index contributed by atoms with van der Waals surface area (Å²) in [6.45, 7) is 1.86. The quantitative estimate of drug-likeness (QED) is 0.467. The summed E-state index contributed by atoms with van der Waals surface area (Å²) >= 11 is 1.29. The number of aromatic nitrogens is 2. The van der Waals surface area contributed by atoms with Crippen molar-refractivity contribution in [1.82, 2.24) is 24.1 Å². The van der Waals surface area contributed by atoms with Gasteiger partial charge in [0.05, 0.1) is 18.4 Å². The Morgan fingerprint density at radius 1 is 1.15 bits per heavy atom. The van der Waals surface area contributed by atoms with E-state index in [2.05, 4.69) is 19.8 Å². The van der Waals surface area contributed by atoms with Crippen LogP contribution in [0, 0.1) is 11.6 Å². The summed E-state index contributed by atoms with van der Waals surface area (Å²) in [5.41, 5.74) is 0.641. The molecule has 3 aromatic rings. The number of hydrogen-bond donors (Lipinski definition) is 2. The molecule has 2 fully saturated rings. The van der Waals surface area contributed by atoms with Crippen LogP contribution in [0.15, 0.2) is 46.7 Å². The SMILES string of the molecule is O=C1NC2(CCOc3cc(-c4ccc(F)cc4F)ccc3S(=O)(=O)N3C[C@H](O)C[C@@H]13)CCN(Cc1csnn1)CC2. The molecule has 0 saturated carbocycles. The minimum atomic E-state index is -4.28. The highest BCUT2D eigenvalue weighted by Gasteiger charge is 2.47. The molecule has 2 N–H and O–H groups in total. The minimum Gasteiger partial charge on any atom is -0.492 e. The molecule has 1 spiro atoms. The summed E-state index contributed by atoms with van der Waals surface area (Å²) in [7, 11) is -4.28. The first kappa shape index (κ1) is 28.1. The van der Waals surface area contributed by atoms with E-state index in [-0.39, 0.29) is 35.8 Å². The van der Waals surface area contributed by atoms with E-state index in [0.717, 1.165) is 22.1 Å². The molecule has 41 heavy (non-hydrogen) atoms. The molecular weight excluding hydrogens is 576 g/mol. The number of aliphatic hydroxyl groups is 1. The zero-order chi connectivity index (χ0) is 28.8. The van der Waals surface area contributed by atoms with Crippen molar-refractivity contribution in [2.45, 2.75) is 54.8 Å². The number of benzene rings is 2. The summed E-state index contributed by atoms with van der Waals surface area (Å²) in [4.78, 5) is 15.7. The van der Waals surface area contributed by atoms with E-state index in [1.54, 1.807) is 0 Å². The lowest BCUT2D eigenvalue weighted by Crippen LogP contribution is -2.59. The second-order valence-corrected chi connectivity index (χ2v) is 13.3. The molecule has 2 atom stereocenters. The van der Waals surface area contributed by atoms with E-state index >= 15 is 0 Å². The van der Waals surface area contributed by atoms with Gasteiger partial charge >= 0.3 is 0 Å². The standard InChI is InChI=1S/C27H29F2N5O5S2/c28-18-2-3-21(22(29)12-18)17-1-4-25-24(11-17)39-10-7-27(5-8-33(9-6-27)14-19-16-40-32-31-19)30-26(36)23-13-20(35)15-34(23)41(25,37)38/h1-4,11-12,16,20,23,35H,5-10,13-15H2,(H,30,36)/t20-,23+/m1/s1. The Kier molecular flexibility index (Phi) is 7.53. The van der Waals surface area contributed by atoms with Crippen LogP contribution in [0.3, 0.4) is 0 Å². The number of sulfonamides is 1. The number of rotatable bonds is 3. The molecule has 0 aliphatic carbocycles. The van der Waals surface area contributed by atoms with Gasteiger partial charge in [0.1, 0.15) is 28.3 Å². The van der Waals surface area contributed by atoms with Gasteiger partial charge in [-0.3, -0.25) is 9.69 Å². The number of nitrogens with one attached hydrogen (secondary N) is 1. The van der Waals surface area contributed by atoms with Gasteiger partial charge in [-0.1, -0.05) is 10.6 Å². The number of likely N-dealkylation sites (tertiary alicyclic amines) is 1. The number of halogens is 2. The Labute approximate surface area is 240 Å². The first-order chi connectivity index (χ1) is 19.6. The number of aliphatic hydroxyl groups excluding tert-OH is 1. The Morgan fingerprint density at radius 3 is 2.68 bits per heavy atom. The summed E-state index contributed by atoms with van der Waals surface area (Å²) in [6.07, 6.45) is 0.587. The van der Waals surface area contributed by atoms with E-state index < -0.39 is 45.2 Å². The molecule has 6 rings (SSSR count). The van der Waals surface area contributed by atoms with Crippen LogP contribution in [-0.2, 0) is 21.4 Å². The molecule has 10 nitrogen and oxygen atoms in total. The number of carbonyl (C=O) groups excluding carboxylic acids is 1. The summed E-state index contributed by atoms with van der Waals surface area (Å²) in [5.74, 6) is -1.96. The smallest absolute Gasteiger partial charge is 0.247 e. The summed E-state index contributed by atoms with van der Waals surface area (Å²) in [5, 5.41) is 19.6. The molecule has 2 saturated heterocycles. The topological polar surface area (TPSA) is 125 Å². The van der Waals surface area contributed by atoms with E-state index in [1.165, 1.54) is 35.8 Å². The summed E-state index contributed by atoms with van der Waals surface area (Å²) in [6, 6.07) is 6.24. The van der Waals surface area contributed by atoms with Gasteiger partial charge in [-0.05, 0) is 54.2 Å². The van der Waals surface area contributed by atoms with Gasteiger partial charge in [0.25, 0.3) is 0 Å². The van der Waals surface area contributed by atoms with Crippen molar-refractivity contribution in [2.75, 3.05) is 26.2 Å². The molecule has 218 valence electrons. The molecule has 3 aliphatic rings. The maximum absolute atomic E-state index is 14.6. The van der Waals surface area contributed by atoms with Crippen molar-refractivity contribution >= 4 is 27.5 Å². The van der Waals surface area contributed by atoms with Crippen LogP contribution in [0.25, 0.3) is 11.1 Å².